The maximum atomic E-state index is 14.4. The topological polar surface area (TPSA) is 90.8 Å². The number of hydrogen-bond acceptors (Lipinski definition) is 7. The van der Waals surface area contributed by atoms with Gasteiger partial charge in [-0.25, -0.2) is 9.37 Å². The zero-order chi connectivity index (χ0) is 26.4. The Morgan fingerprint density at radius 1 is 1.10 bits per heavy atom. The van der Waals surface area contributed by atoms with E-state index in [4.69, 9.17) is 15.2 Å². The van der Waals surface area contributed by atoms with Crippen molar-refractivity contribution in [3.8, 4) is 17.3 Å². The summed E-state index contributed by atoms with van der Waals surface area (Å²) < 4.78 is 68.9. The first kappa shape index (κ1) is 30.8. The summed E-state index contributed by atoms with van der Waals surface area (Å²) in [6.45, 7) is 2.58. The highest BCUT2D eigenvalue weighted by Crippen LogP contribution is 2.41. The molecule has 8 nitrogen and oxygen atoms in total. The molecule has 1 aromatic carbocycles. The number of benzene rings is 1. The van der Waals surface area contributed by atoms with E-state index in [9.17, 15) is 17.6 Å². The Balaban J connectivity index is 0.00000210. The van der Waals surface area contributed by atoms with Crippen molar-refractivity contribution in [3.05, 3.63) is 54.0 Å². The molecule has 4 heterocycles. The largest absolute Gasteiger partial charge is 0.488 e. The Morgan fingerprint density at radius 2 is 1.87 bits per heavy atom. The quantitative estimate of drug-likeness (QED) is 0.240. The molecule has 1 saturated heterocycles. The fraction of sp³-hybridized carbons (Fsp3) is 0.400. The van der Waals surface area contributed by atoms with Crippen molar-refractivity contribution < 1.29 is 27.0 Å². The second kappa shape index (κ2) is 11.8. The van der Waals surface area contributed by atoms with E-state index in [1.54, 1.807) is 19.1 Å². The van der Waals surface area contributed by atoms with E-state index in [0.717, 1.165) is 0 Å². The molecular formula is C25H28Cl2F4N6O2. The highest BCUT2D eigenvalue weighted by atomic mass is 35.5. The average molecular weight is 591 g/mol. The molecule has 1 aliphatic heterocycles. The van der Waals surface area contributed by atoms with Gasteiger partial charge in [0.15, 0.2) is 23.0 Å². The lowest BCUT2D eigenvalue weighted by molar-refractivity contribution is -0.184. The van der Waals surface area contributed by atoms with E-state index in [0.29, 0.717) is 35.3 Å². The van der Waals surface area contributed by atoms with Gasteiger partial charge >= 0.3 is 6.18 Å². The van der Waals surface area contributed by atoms with Gasteiger partial charge in [-0.15, -0.1) is 35.0 Å². The number of halogens is 6. The molecule has 212 valence electrons. The highest BCUT2D eigenvalue weighted by molar-refractivity contribution is 5.85. The van der Waals surface area contributed by atoms with Crippen LogP contribution in [0, 0.1) is 5.82 Å². The van der Waals surface area contributed by atoms with Crippen molar-refractivity contribution in [1.29, 1.82) is 0 Å². The van der Waals surface area contributed by atoms with Crippen LogP contribution in [0.25, 0.3) is 28.1 Å². The lowest BCUT2D eigenvalue weighted by atomic mass is 10.0. The van der Waals surface area contributed by atoms with E-state index < -0.39 is 23.6 Å². The minimum atomic E-state index is -4.51. The van der Waals surface area contributed by atoms with Crippen LogP contribution in [-0.4, -0.2) is 69.6 Å². The lowest BCUT2D eigenvalue weighted by Gasteiger charge is -2.31. The number of ether oxygens (including phenoxy) is 2. The summed E-state index contributed by atoms with van der Waals surface area (Å²) in [6, 6.07) is 7.15. The van der Waals surface area contributed by atoms with Gasteiger partial charge in [0.1, 0.15) is 18.3 Å². The smallest absolute Gasteiger partial charge is 0.408 e. The highest BCUT2D eigenvalue weighted by Gasteiger charge is 2.48. The molecule has 1 fully saturated rings. The van der Waals surface area contributed by atoms with Crippen LogP contribution in [0.5, 0.6) is 5.75 Å². The summed E-state index contributed by atoms with van der Waals surface area (Å²) in [7, 11) is 1.51. The number of nitrogens with two attached hydrogens (primary N) is 1. The summed E-state index contributed by atoms with van der Waals surface area (Å²) in [4.78, 5) is 5.93. The fourth-order valence-corrected chi connectivity index (χ4v) is 4.69. The van der Waals surface area contributed by atoms with Gasteiger partial charge in [0.05, 0.1) is 12.1 Å². The molecule has 0 amide bonds. The van der Waals surface area contributed by atoms with Crippen molar-refractivity contribution in [2.75, 3.05) is 33.4 Å². The minimum Gasteiger partial charge on any atom is -0.488 e. The van der Waals surface area contributed by atoms with Gasteiger partial charge in [-0.3, -0.25) is 9.30 Å². The van der Waals surface area contributed by atoms with Gasteiger partial charge in [-0.05, 0) is 37.1 Å². The number of pyridine rings is 2. The molecule has 39 heavy (non-hydrogen) atoms. The van der Waals surface area contributed by atoms with Crippen LogP contribution < -0.4 is 10.5 Å². The summed E-state index contributed by atoms with van der Waals surface area (Å²) in [5.41, 5.74) is 6.66. The molecule has 0 aliphatic carbocycles. The molecular weight excluding hydrogens is 563 g/mol. The fourth-order valence-electron chi connectivity index (χ4n) is 4.69. The number of alkyl halides is 3. The zero-order valence-electron chi connectivity index (χ0n) is 21.1. The van der Waals surface area contributed by atoms with Crippen molar-refractivity contribution >= 4 is 41.4 Å². The van der Waals surface area contributed by atoms with Crippen LogP contribution in [-0.2, 0) is 4.74 Å². The van der Waals surface area contributed by atoms with Crippen LogP contribution in [0.1, 0.15) is 24.9 Å². The van der Waals surface area contributed by atoms with E-state index in [1.807, 2.05) is 0 Å². The molecule has 0 saturated carbocycles. The summed E-state index contributed by atoms with van der Waals surface area (Å²) >= 11 is 0. The lowest BCUT2D eigenvalue weighted by Crippen LogP contribution is -2.43. The van der Waals surface area contributed by atoms with E-state index in [1.165, 1.54) is 46.9 Å². The SMILES string of the molecule is COCCOc1cc2nc(-c3nnc4ccc([C@H](N5CCC(C)(N)C5)C(F)(F)F)cn34)ccc2cc1F.Cl.Cl. The van der Waals surface area contributed by atoms with Gasteiger partial charge in [0, 0.05) is 43.4 Å². The summed E-state index contributed by atoms with van der Waals surface area (Å²) in [5, 5.41) is 8.80. The van der Waals surface area contributed by atoms with E-state index in [2.05, 4.69) is 15.2 Å². The van der Waals surface area contributed by atoms with Crippen LogP contribution >= 0.6 is 24.8 Å². The first-order chi connectivity index (χ1) is 17.6. The predicted octanol–water partition coefficient (Wildman–Crippen LogP) is 4.98. The second-order valence-electron chi connectivity index (χ2n) is 9.55. The average Bonchev–Trinajstić information content (AvgIpc) is 3.41. The molecule has 2 N–H and O–H groups in total. The molecule has 0 radical (unpaired) electrons. The third kappa shape index (κ3) is 6.36. The maximum absolute atomic E-state index is 14.4. The Bertz CT molecular complexity index is 1450. The monoisotopic (exact) mass is 590 g/mol. The van der Waals surface area contributed by atoms with Crippen LogP contribution in [0.4, 0.5) is 17.6 Å². The second-order valence-corrected chi connectivity index (χ2v) is 9.55. The standard InChI is InChI=1S/C25H26F4N6O2.2ClH/c1-24(30)7-8-34(14-24)22(25(27,28)29)16-4-6-21-32-33-23(35(21)13-16)18-5-3-15-11-17(26)20(12-19(15)31-18)37-10-9-36-2;;/h3-6,11-13,22H,7-10,14,30H2,1-2H3;2*1H/t22-,24?;;/m0../s1. The van der Waals surface area contributed by atoms with Gasteiger partial charge in [-0.2, -0.15) is 13.2 Å². The zero-order valence-corrected chi connectivity index (χ0v) is 22.7. The molecule has 0 bridgehead atoms. The van der Waals surface area contributed by atoms with Crippen LogP contribution in [0.15, 0.2) is 42.6 Å². The van der Waals surface area contributed by atoms with Gasteiger partial charge in [-0.1, -0.05) is 12.1 Å². The van der Waals surface area contributed by atoms with Gasteiger partial charge in [0.25, 0.3) is 0 Å². The molecule has 1 unspecified atom stereocenters. The summed E-state index contributed by atoms with van der Waals surface area (Å²) in [6.07, 6.45) is -2.64. The van der Waals surface area contributed by atoms with E-state index >= 15 is 0 Å². The van der Waals surface area contributed by atoms with Crippen molar-refractivity contribution in [3.63, 3.8) is 0 Å². The Kier molecular flexibility index (Phi) is 9.28. The molecule has 4 aromatic rings. The van der Waals surface area contributed by atoms with Crippen LogP contribution in [0.3, 0.4) is 0 Å². The minimum absolute atomic E-state index is 0. The Morgan fingerprint density at radius 3 is 2.54 bits per heavy atom. The first-order valence-corrected chi connectivity index (χ1v) is 11.7. The van der Waals surface area contributed by atoms with Gasteiger partial charge < -0.3 is 15.2 Å². The number of likely N-dealkylation sites (tertiary alicyclic amines) is 1. The van der Waals surface area contributed by atoms with Crippen molar-refractivity contribution in [1.82, 2.24) is 24.5 Å². The number of methoxy groups -OCH3 is 1. The number of aromatic nitrogens is 4. The van der Waals surface area contributed by atoms with Crippen LogP contribution in [0.2, 0.25) is 0 Å². The Hall–Kier alpha value is -2.77. The molecule has 1 aliphatic rings. The predicted molar refractivity (Wildman–Crippen MR) is 143 cm³/mol. The van der Waals surface area contributed by atoms with Gasteiger partial charge in [0.2, 0.25) is 0 Å². The molecule has 2 atom stereocenters. The number of hydrogen-bond donors (Lipinski definition) is 1. The number of fused-ring (bicyclic) bond motifs is 2. The first-order valence-electron chi connectivity index (χ1n) is 11.7. The molecule has 14 heteroatoms. The third-order valence-corrected chi connectivity index (χ3v) is 6.47. The number of nitrogens with zero attached hydrogens (tertiary/aromatic N) is 5. The normalized spacial score (nSPS) is 18.6. The van der Waals surface area contributed by atoms with Crippen molar-refractivity contribution in [2.24, 2.45) is 5.73 Å². The Labute approximate surface area is 234 Å². The molecule has 5 rings (SSSR count). The number of rotatable bonds is 7. The van der Waals surface area contributed by atoms with E-state index in [-0.39, 0.29) is 61.6 Å². The maximum Gasteiger partial charge on any atom is 0.408 e. The molecule has 3 aromatic heterocycles. The third-order valence-electron chi connectivity index (χ3n) is 6.47. The summed E-state index contributed by atoms with van der Waals surface area (Å²) in [5.74, 6) is -0.256. The van der Waals surface area contributed by atoms with Crippen molar-refractivity contribution in [2.45, 2.75) is 31.1 Å². The molecule has 0 spiro atoms.